The fraction of sp³-hybridized carbons (Fsp3) is 0.857. The highest BCUT2D eigenvalue weighted by atomic mass is 19.1. The molecule has 0 aromatic carbocycles. The molecule has 0 saturated carbocycles. The van der Waals surface area contributed by atoms with E-state index in [1.165, 1.54) is 38.8 Å². The van der Waals surface area contributed by atoms with Crippen molar-refractivity contribution in [1.82, 2.24) is 19.9 Å². The second-order valence-corrected chi connectivity index (χ2v) is 5.82. The lowest BCUT2D eigenvalue weighted by Gasteiger charge is -2.18. The standard InChI is InChI=1S/C14H23FN4O/c15-13-10-20-11-14(13)19-9-12(16-17-19)5-8-18-6-3-1-2-4-7-18/h9,13-14H,1-8,10-11H2/t13-,14+/m1/s1. The summed E-state index contributed by atoms with van der Waals surface area (Å²) < 4.78 is 20.3. The number of hydrogen-bond acceptors (Lipinski definition) is 4. The maximum Gasteiger partial charge on any atom is 0.148 e. The summed E-state index contributed by atoms with van der Waals surface area (Å²) in [6, 6.07) is -0.297. The van der Waals surface area contributed by atoms with E-state index in [0.29, 0.717) is 6.61 Å². The number of ether oxygens (including phenoxy) is 1. The third-order valence-electron chi connectivity index (χ3n) is 4.26. The van der Waals surface area contributed by atoms with Gasteiger partial charge < -0.3 is 9.64 Å². The first-order valence-electron chi connectivity index (χ1n) is 7.68. The molecular formula is C14H23FN4O. The minimum Gasteiger partial charge on any atom is -0.376 e. The van der Waals surface area contributed by atoms with Crippen molar-refractivity contribution < 1.29 is 9.13 Å². The van der Waals surface area contributed by atoms with Crippen LogP contribution in [-0.4, -0.2) is 58.9 Å². The van der Waals surface area contributed by atoms with Crippen LogP contribution in [-0.2, 0) is 11.2 Å². The van der Waals surface area contributed by atoms with Gasteiger partial charge in [0.25, 0.3) is 0 Å². The lowest BCUT2D eigenvalue weighted by molar-refractivity contribution is 0.172. The number of likely N-dealkylation sites (tertiary alicyclic amines) is 1. The first-order valence-corrected chi connectivity index (χ1v) is 7.68. The average Bonchev–Trinajstić information content (AvgIpc) is 2.99. The molecule has 0 bridgehead atoms. The molecule has 2 aliphatic heterocycles. The Kier molecular flexibility index (Phi) is 4.62. The predicted octanol–water partition coefficient (Wildman–Crippen LogP) is 1.61. The van der Waals surface area contributed by atoms with Crippen LogP contribution < -0.4 is 0 Å². The van der Waals surface area contributed by atoms with Gasteiger partial charge in [-0.1, -0.05) is 18.1 Å². The normalized spacial score (nSPS) is 28.6. The molecule has 0 unspecified atom stereocenters. The monoisotopic (exact) mass is 282 g/mol. The lowest BCUT2D eigenvalue weighted by atomic mass is 10.2. The summed E-state index contributed by atoms with van der Waals surface area (Å²) in [7, 11) is 0. The lowest BCUT2D eigenvalue weighted by Crippen LogP contribution is -2.27. The van der Waals surface area contributed by atoms with Crippen molar-refractivity contribution >= 4 is 0 Å². The summed E-state index contributed by atoms with van der Waals surface area (Å²) in [6.07, 6.45) is 7.12. The van der Waals surface area contributed by atoms with Gasteiger partial charge in [-0.3, -0.25) is 0 Å². The predicted molar refractivity (Wildman–Crippen MR) is 73.4 cm³/mol. The molecule has 3 rings (SSSR count). The van der Waals surface area contributed by atoms with Crippen LogP contribution in [0.5, 0.6) is 0 Å². The van der Waals surface area contributed by atoms with E-state index in [-0.39, 0.29) is 12.6 Å². The zero-order chi connectivity index (χ0) is 13.8. The van der Waals surface area contributed by atoms with Crippen LogP contribution in [0.4, 0.5) is 4.39 Å². The van der Waals surface area contributed by atoms with Crippen molar-refractivity contribution in [3.63, 3.8) is 0 Å². The third kappa shape index (κ3) is 3.35. The Hall–Kier alpha value is -1.01. The molecule has 0 N–H and O–H groups in total. The van der Waals surface area contributed by atoms with Crippen LogP contribution >= 0.6 is 0 Å². The molecule has 1 aromatic rings. The van der Waals surface area contributed by atoms with Gasteiger partial charge in [-0.2, -0.15) is 0 Å². The summed E-state index contributed by atoms with van der Waals surface area (Å²) >= 11 is 0. The largest absolute Gasteiger partial charge is 0.376 e. The van der Waals surface area contributed by atoms with Gasteiger partial charge in [0, 0.05) is 19.2 Å². The van der Waals surface area contributed by atoms with Crippen LogP contribution in [0.15, 0.2) is 6.20 Å². The van der Waals surface area contributed by atoms with Gasteiger partial charge in [0.1, 0.15) is 12.2 Å². The van der Waals surface area contributed by atoms with Crippen molar-refractivity contribution in [3.05, 3.63) is 11.9 Å². The first kappa shape index (κ1) is 13.9. The second kappa shape index (κ2) is 6.63. The summed E-state index contributed by atoms with van der Waals surface area (Å²) in [4.78, 5) is 2.50. The smallest absolute Gasteiger partial charge is 0.148 e. The Morgan fingerprint density at radius 3 is 2.70 bits per heavy atom. The van der Waals surface area contributed by atoms with Gasteiger partial charge in [0.05, 0.1) is 18.9 Å². The molecule has 0 amide bonds. The average molecular weight is 282 g/mol. The Morgan fingerprint density at radius 1 is 1.20 bits per heavy atom. The number of rotatable bonds is 4. The fourth-order valence-corrected chi connectivity index (χ4v) is 2.98. The zero-order valence-corrected chi connectivity index (χ0v) is 11.9. The highest BCUT2D eigenvalue weighted by molar-refractivity contribution is 4.96. The molecule has 0 radical (unpaired) electrons. The number of halogens is 1. The Balaban J connectivity index is 1.51. The number of aromatic nitrogens is 3. The molecule has 2 aliphatic rings. The van der Waals surface area contributed by atoms with E-state index in [9.17, 15) is 4.39 Å². The van der Waals surface area contributed by atoms with Crippen molar-refractivity contribution in [2.24, 2.45) is 0 Å². The third-order valence-corrected chi connectivity index (χ3v) is 4.26. The van der Waals surface area contributed by atoms with E-state index < -0.39 is 6.17 Å². The Labute approximate surface area is 119 Å². The number of hydrogen-bond donors (Lipinski definition) is 0. The van der Waals surface area contributed by atoms with Crippen molar-refractivity contribution in [2.75, 3.05) is 32.8 Å². The molecule has 6 heteroatoms. The van der Waals surface area contributed by atoms with Gasteiger partial charge in [0.2, 0.25) is 0 Å². The summed E-state index contributed by atoms with van der Waals surface area (Å²) in [5.41, 5.74) is 0.952. The molecule has 3 heterocycles. The molecule has 112 valence electrons. The zero-order valence-electron chi connectivity index (χ0n) is 11.9. The maximum absolute atomic E-state index is 13.6. The fourth-order valence-electron chi connectivity index (χ4n) is 2.98. The van der Waals surface area contributed by atoms with Gasteiger partial charge in [-0.25, -0.2) is 9.07 Å². The van der Waals surface area contributed by atoms with Gasteiger partial charge in [-0.15, -0.1) is 5.10 Å². The van der Waals surface area contributed by atoms with Gasteiger partial charge >= 0.3 is 0 Å². The highest BCUT2D eigenvalue weighted by Gasteiger charge is 2.30. The maximum atomic E-state index is 13.6. The van der Waals surface area contributed by atoms with Crippen molar-refractivity contribution in [3.8, 4) is 0 Å². The minimum atomic E-state index is -0.963. The second-order valence-electron chi connectivity index (χ2n) is 5.82. The minimum absolute atomic E-state index is 0.174. The highest BCUT2D eigenvalue weighted by Crippen LogP contribution is 2.21. The van der Waals surface area contributed by atoms with Crippen LogP contribution in [0.2, 0.25) is 0 Å². The SMILES string of the molecule is F[C@@H]1COC[C@@H]1n1cc(CCN2CCCCCC2)nn1. The molecule has 2 fully saturated rings. The van der Waals surface area contributed by atoms with E-state index in [1.54, 1.807) is 4.68 Å². The number of nitrogens with zero attached hydrogens (tertiary/aromatic N) is 4. The van der Waals surface area contributed by atoms with E-state index in [2.05, 4.69) is 15.2 Å². The molecule has 20 heavy (non-hydrogen) atoms. The van der Waals surface area contributed by atoms with Crippen LogP contribution in [0, 0.1) is 0 Å². The van der Waals surface area contributed by atoms with E-state index in [4.69, 9.17) is 4.74 Å². The quantitative estimate of drug-likeness (QED) is 0.841. The van der Waals surface area contributed by atoms with Gasteiger partial charge in [-0.05, 0) is 25.9 Å². The van der Waals surface area contributed by atoms with Crippen molar-refractivity contribution in [1.29, 1.82) is 0 Å². The Morgan fingerprint density at radius 2 is 2.00 bits per heavy atom. The van der Waals surface area contributed by atoms with Crippen molar-refractivity contribution in [2.45, 2.75) is 44.3 Å². The molecule has 0 aliphatic carbocycles. The molecule has 5 nitrogen and oxygen atoms in total. The van der Waals surface area contributed by atoms with Gasteiger partial charge in [0.15, 0.2) is 0 Å². The summed E-state index contributed by atoms with van der Waals surface area (Å²) in [5.74, 6) is 0. The molecule has 2 atom stereocenters. The van der Waals surface area contributed by atoms with Crippen LogP contribution in [0.3, 0.4) is 0 Å². The topological polar surface area (TPSA) is 43.2 Å². The van der Waals surface area contributed by atoms with E-state index in [1.807, 2.05) is 6.20 Å². The molecular weight excluding hydrogens is 259 g/mol. The summed E-state index contributed by atoms with van der Waals surface area (Å²) in [5, 5.41) is 8.23. The van der Waals surface area contributed by atoms with Crippen LogP contribution in [0.1, 0.15) is 37.4 Å². The molecule has 1 aromatic heterocycles. The summed E-state index contributed by atoms with van der Waals surface area (Å²) in [6.45, 7) is 3.98. The first-order chi connectivity index (χ1) is 9.83. The molecule has 2 saturated heterocycles. The van der Waals surface area contributed by atoms with E-state index in [0.717, 1.165) is 18.7 Å². The molecule has 0 spiro atoms. The van der Waals surface area contributed by atoms with Crippen LogP contribution in [0.25, 0.3) is 0 Å². The Bertz CT molecular complexity index is 417. The van der Waals surface area contributed by atoms with E-state index >= 15 is 0 Å². The number of alkyl halides is 1.